The first-order valence-electron chi connectivity index (χ1n) is 32.9. The maximum atomic E-state index is 10.4. The fraction of sp³-hybridized carbons (Fsp3) is 0. The summed E-state index contributed by atoms with van der Waals surface area (Å²) >= 11 is 1.22. The summed E-state index contributed by atoms with van der Waals surface area (Å²) in [6.07, 6.45) is 0. The molecule has 2 nitrogen and oxygen atoms in total. The topological polar surface area (TPSA) is 9.86 Å². The van der Waals surface area contributed by atoms with Crippen LogP contribution in [0.3, 0.4) is 0 Å². The van der Waals surface area contributed by atoms with Crippen LogP contribution in [0.15, 0.2) is 242 Å². The Labute approximate surface area is 412 Å². The van der Waals surface area contributed by atoms with Crippen LogP contribution in [0, 0.1) is 0 Å². The number of benzene rings is 10. The van der Waals surface area contributed by atoms with Crippen LogP contribution in [0.1, 0.15) is 35.6 Å². The number of hydrogen-bond donors (Lipinski definition) is 0. The number of fused-ring (bicyclic) bond motifs is 10. The predicted octanol–water partition coefficient (Wildman–Crippen LogP) is 13.3. The summed E-state index contributed by atoms with van der Waals surface area (Å²) in [4.78, 5) is 0. The molecule has 13 rings (SSSR count). The molecule has 300 valence electrons. The highest BCUT2D eigenvalue weighted by Crippen LogP contribution is 2.47. The van der Waals surface area contributed by atoms with Crippen molar-refractivity contribution in [2.24, 2.45) is 0 Å². The van der Waals surface area contributed by atoms with E-state index in [0.717, 1.165) is 0 Å². The molecular formula is C60H40N2SSi. The van der Waals surface area contributed by atoms with Crippen molar-refractivity contribution < 1.29 is 35.6 Å². The lowest BCUT2D eigenvalue weighted by atomic mass is 10.1. The minimum Gasteiger partial charge on any atom is -0.309 e. The van der Waals surface area contributed by atoms with Crippen molar-refractivity contribution in [3.8, 4) is 22.5 Å². The Balaban J connectivity index is 1.22. The van der Waals surface area contributed by atoms with Crippen LogP contribution in [0.4, 0.5) is 0 Å². The van der Waals surface area contributed by atoms with E-state index in [0.29, 0.717) is 30.9 Å². The summed E-state index contributed by atoms with van der Waals surface area (Å²) in [6.45, 7) is 0. The first-order valence-corrected chi connectivity index (χ1v) is 22.7. The number of hydrogen-bond acceptors (Lipinski definition) is 1. The molecule has 1 atom stereocenters. The summed E-state index contributed by atoms with van der Waals surface area (Å²) < 4.78 is 246. The summed E-state index contributed by atoms with van der Waals surface area (Å²) in [5.74, 6) is 0. The van der Waals surface area contributed by atoms with Gasteiger partial charge in [-0.3, -0.25) is 0 Å². The van der Waals surface area contributed by atoms with Crippen LogP contribution < -0.4 is 20.7 Å². The molecule has 0 radical (unpaired) electrons. The van der Waals surface area contributed by atoms with Crippen molar-refractivity contribution in [2.45, 2.75) is 0 Å². The summed E-state index contributed by atoms with van der Waals surface area (Å²) in [6, 6.07) is 1.65. The predicted molar refractivity (Wildman–Crippen MR) is 277 cm³/mol. The number of rotatable bonds is 7. The standard InChI is InChI=1S/C60H40N2SSi/c1-4-18-41(19-5-1)42-32-36-46(37-33-42)64(44-20-6-2-7-21-44,45-22-8-3-9-23-45)47-38-34-43(35-39-47)61-53-28-14-12-26-50(53)52-40-56(60-58(59(52)61)51-27-13-17-31-57(51)63-60)62-54-29-15-10-24-48(54)49-25-11-16-30-55(49)62/h1-40H/i1D,2D,4D,5D,6D,7D,10D,11D,15D,16D,18D,19D,20D,21D,24D,25D,29D,30D,32D,33D,34D,35D,36D,37D,38D,39D. The van der Waals surface area contributed by atoms with Crippen LogP contribution >= 0.6 is 11.3 Å². The second kappa shape index (κ2) is 14.7. The number of aromatic nitrogens is 2. The Morgan fingerprint density at radius 3 is 1.64 bits per heavy atom. The zero-order chi connectivity index (χ0) is 64.8. The maximum Gasteiger partial charge on any atom is 0.179 e. The van der Waals surface area contributed by atoms with Crippen molar-refractivity contribution in [2.75, 3.05) is 0 Å². The van der Waals surface area contributed by atoms with Crippen LogP contribution in [0.5, 0.6) is 0 Å². The molecule has 0 N–H and O–H groups in total. The van der Waals surface area contributed by atoms with Crippen molar-refractivity contribution in [1.82, 2.24) is 9.13 Å². The van der Waals surface area contributed by atoms with E-state index in [9.17, 15) is 19.2 Å². The number of nitrogens with zero attached hydrogens (tertiary/aromatic N) is 2. The Kier molecular flexibility index (Phi) is 4.43. The molecule has 13 aromatic rings. The second-order valence-corrected chi connectivity index (χ2v) is 19.4. The van der Waals surface area contributed by atoms with Gasteiger partial charge < -0.3 is 9.13 Å². The first-order chi connectivity index (χ1) is 42.6. The maximum absolute atomic E-state index is 10.4. The van der Waals surface area contributed by atoms with Crippen molar-refractivity contribution in [3.63, 3.8) is 0 Å². The fourth-order valence-electron chi connectivity index (χ4n) is 8.92. The monoisotopic (exact) mass is 874 g/mol. The lowest BCUT2D eigenvalue weighted by Gasteiger charge is -2.34. The van der Waals surface area contributed by atoms with Gasteiger partial charge in [0.25, 0.3) is 0 Å². The molecular weight excluding hydrogens is 809 g/mol. The fourth-order valence-corrected chi connectivity index (χ4v) is 13.9. The van der Waals surface area contributed by atoms with E-state index < -0.39 is 198 Å². The third kappa shape index (κ3) is 5.43. The summed E-state index contributed by atoms with van der Waals surface area (Å²) in [5.41, 5.74) is -1.43. The summed E-state index contributed by atoms with van der Waals surface area (Å²) in [5, 5.41) is -0.760. The van der Waals surface area contributed by atoms with Crippen LogP contribution in [-0.4, -0.2) is 17.2 Å². The smallest absolute Gasteiger partial charge is 0.179 e. The van der Waals surface area contributed by atoms with E-state index in [-0.39, 0.29) is 43.7 Å². The normalized spacial score (nSPS) is 18.5. The Morgan fingerprint density at radius 2 is 0.938 bits per heavy atom. The SMILES string of the molecule is [2H]c1c([2H])c([2H])c(-c2c([2H])c([2H])c([Si](c3ccccc3)(c3c([2H])c([2H])c([2H])c([2H])c3[2H])c3c([2H])c([2H])c(-n4c5ccccc5c5cc(-n6c7c([2H])c([2H])c([2H])c([2H])c7c7c([2H])c([2H])c([2H])c([2H])c76)c6sc7ccccc7c6c54)c([2H])c3[2H])c([2H])c2[2H])c([2H])c1[2H]. The van der Waals surface area contributed by atoms with Gasteiger partial charge >= 0.3 is 0 Å². The highest BCUT2D eigenvalue weighted by Gasteiger charge is 2.41. The quantitative estimate of drug-likeness (QED) is 0.112. The van der Waals surface area contributed by atoms with Crippen molar-refractivity contribution >= 4 is 104 Å². The average Bonchev–Trinajstić information content (AvgIpc) is 1.09. The molecule has 64 heavy (non-hydrogen) atoms. The van der Waals surface area contributed by atoms with Gasteiger partial charge in [-0.15, -0.1) is 11.3 Å². The van der Waals surface area contributed by atoms with E-state index in [1.807, 2.05) is 6.07 Å². The molecule has 0 amide bonds. The van der Waals surface area contributed by atoms with Gasteiger partial charge in [0.05, 0.1) is 68.1 Å². The molecule has 0 saturated heterocycles. The highest BCUT2D eigenvalue weighted by molar-refractivity contribution is 7.26. The van der Waals surface area contributed by atoms with E-state index in [4.69, 9.17) is 16.4 Å². The minimum absolute atomic E-state index is 0.0935. The molecule has 0 aliphatic carbocycles. The van der Waals surface area contributed by atoms with E-state index in [1.54, 1.807) is 54.6 Å². The van der Waals surface area contributed by atoms with Gasteiger partial charge in [0.15, 0.2) is 8.07 Å². The Morgan fingerprint density at radius 1 is 0.391 bits per heavy atom. The molecule has 4 heteroatoms. The molecule has 0 bridgehead atoms. The van der Waals surface area contributed by atoms with Crippen LogP contribution in [-0.2, 0) is 0 Å². The zero-order valence-corrected chi connectivity index (χ0v) is 34.7. The molecule has 0 aliphatic rings. The molecule has 3 aromatic heterocycles. The summed E-state index contributed by atoms with van der Waals surface area (Å²) in [7, 11) is -5.60. The number of thiophene rings is 1. The Hall–Kier alpha value is -7.76. The molecule has 0 aliphatic heterocycles. The van der Waals surface area contributed by atoms with E-state index in [2.05, 4.69) is 0 Å². The van der Waals surface area contributed by atoms with Gasteiger partial charge in [-0.2, -0.15) is 0 Å². The van der Waals surface area contributed by atoms with Gasteiger partial charge in [-0.05, 0) is 74.2 Å². The van der Waals surface area contributed by atoms with Crippen molar-refractivity contribution in [1.29, 1.82) is 0 Å². The first kappa shape index (κ1) is 19.3. The van der Waals surface area contributed by atoms with Crippen LogP contribution in [0.25, 0.3) is 86.3 Å². The third-order valence-corrected chi connectivity index (χ3v) is 17.0. The Bertz CT molecular complexity index is 5270. The van der Waals surface area contributed by atoms with E-state index in [1.165, 1.54) is 44.7 Å². The van der Waals surface area contributed by atoms with E-state index >= 15 is 0 Å². The second-order valence-electron chi connectivity index (χ2n) is 14.8. The lowest BCUT2D eigenvalue weighted by Crippen LogP contribution is -2.74. The minimum atomic E-state index is -5.60. The molecule has 1 unspecified atom stereocenters. The number of para-hydroxylation sites is 3. The van der Waals surface area contributed by atoms with Crippen LogP contribution in [0.2, 0.25) is 0 Å². The molecule has 3 heterocycles. The lowest BCUT2D eigenvalue weighted by molar-refractivity contribution is 1.18. The largest absolute Gasteiger partial charge is 0.309 e. The third-order valence-electron chi connectivity index (χ3n) is 11.6. The van der Waals surface area contributed by atoms with Crippen molar-refractivity contribution in [3.05, 3.63) is 242 Å². The molecule has 0 spiro atoms. The van der Waals surface area contributed by atoms with Gasteiger partial charge in [-0.1, -0.05) is 200 Å². The molecule has 0 fully saturated rings. The van der Waals surface area contributed by atoms with Gasteiger partial charge in [0.2, 0.25) is 0 Å². The highest BCUT2D eigenvalue weighted by atomic mass is 32.1. The van der Waals surface area contributed by atoms with Gasteiger partial charge in [0, 0.05) is 42.7 Å². The molecule has 10 aromatic carbocycles. The molecule has 0 saturated carbocycles. The zero-order valence-electron chi connectivity index (χ0n) is 58.9. The average molecular weight is 875 g/mol. The van der Waals surface area contributed by atoms with Gasteiger partial charge in [-0.25, -0.2) is 0 Å². The van der Waals surface area contributed by atoms with Gasteiger partial charge in [0.1, 0.15) is 0 Å².